The highest BCUT2D eigenvalue weighted by atomic mass is 79.9. The highest BCUT2D eigenvalue weighted by Gasteiger charge is 2.06. The van der Waals surface area contributed by atoms with Gasteiger partial charge in [0.2, 0.25) is 5.82 Å². The highest BCUT2D eigenvalue weighted by Crippen LogP contribution is 2.23. The van der Waals surface area contributed by atoms with Crippen molar-refractivity contribution in [2.24, 2.45) is 7.05 Å². The van der Waals surface area contributed by atoms with Crippen LogP contribution in [-0.2, 0) is 7.05 Å². The van der Waals surface area contributed by atoms with Gasteiger partial charge in [-0.2, -0.15) is 4.80 Å². The Morgan fingerprint density at radius 1 is 1.31 bits per heavy atom. The summed E-state index contributed by atoms with van der Waals surface area (Å²) in [5, 5.41) is 11.8. The number of hydrogen-bond acceptors (Lipinski definition) is 3. The predicted octanol–water partition coefficient (Wildman–Crippen LogP) is 1.64. The average molecular weight is 239 g/mol. The van der Waals surface area contributed by atoms with E-state index in [1.54, 1.807) is 7.05 Å². The van der Waals surface area contributed by atoms with Crippen LogP contribution in [0.25, 0.3) is 11.4 Å². The van der Waals surface area contributed by atoms with Gasteiger partial charge in [-0.1, -0.05) is 28.1 Å². The first kappa shape index (κ1) is 8.37. The first-order chi connectivity index (χ1) is 6.27. The van der Waals surface area contributed by atoms with Crippen LogP contribution in [-0.4, -0.2) is 20.2 Å². The Labute approximate surface area is 83.7 Å². The monoisotopic (exact) mass is 238 g/mol. The SMILES string of the molecule is Cn1nnc(-c2ccccc2Br)n1. The van der Waals surface area contributed by atoms with Crippen molar-refractivity contribution in [3.8, 4) is 11.4 Å². The van der Waals surface area contributed by atoms with E-state index in [4.69, 9.17) is 0 Å². The van der Waals surface area contributed by atoms with Gasteiger partial charge in [-0.25, -0.2) is 0 Å². The van der Waals surface area contributed by atoms with Gasteiger partial charge in [0.05, 0.1) is 7.05 Å². The molecule has 1 heterocycles. The summed E-state index contributed by atoms with van der Waals surface area (Å²) >= 11 is 3.43. The second-order valence-electron chi connectivity index (χ2n) is 2.58. The van der Waals surface area contributed by atoms with Gasteiger partial charge < -0.3 is 0 Å². The number of rotatable bonds is 1. The van der Waals surface area contributed by atoms with Crippen LogP contribution in [0.2, 0.25) is 0 Å². The number of hydrogen-bond donors (Lipinski definition) is 0. The Bertz CT molecular complexity index is 424. The first-order valence-electron chi connectivity index (χ1n) is 3.76. The lowest BCUT2D eigenvalue weighted by Gasteiger charge is -1.96. The molecule has 5 heteroatoms. The molecule has 0 saturated heterocycles. The molecule has 0 N–H and O–H groups in total. The number of benzene rings is 1. The largest absolute Gasteiger partial charge is 0.206 e. The van der Waals surface area contributed by atoms with Gasteiger partial charge in [0.1, 0.15) is 0 Å². The molecule has 0 aliphatic rings. The summed E-state index contributed by atoms with van der Waals surface area (Å²) < 4.78 is 0.975. The van der Waals surface area contributed by atoms with Gasteiger partial charge in [-0.3, -0.25) is 0 Å². The van der Waals surface area contributed by atoms with Crippen molar-refractivity contribution in [2.75, 3.05) is 0 Å². The van der Waals surface area contributed by atoms with E-state index >= 15 is 0 Å². The van der Waals surface area contributed by atoms with Crippen molar-refractivity contribution in [3.05, 3.63) is 28.7 Å². The summed E-state index contributed by atoms with van der Waals surface area (Å²) in [5.41, 5.74) is 0.954. The third kappa shape index (κ3) is 1.60. The molecule has 0 saturated carbocycles. The summed E-state index contributed by atoms with van der Waals surface area (Å²) in [7, 11) is 1.74. The van der Waals surface area contributed by atoms with E-state index < -0.39 is 0 Å². The minimum atomic E-state index is 0.634. The van der Waals surface area contributed by atoms with E-state index in [0.29, 0.717) is 5.82 Å². The Morgan fingerprint density at radius 3 is 2.69 bits per heavy atom. The average Bonchev–Trinajstić information content (AvgIpc) is 2.53. The second kappa shape index (κ2) is 3.26. The van der Waals surface area contributed by atoms with E-state index in [-0.39, 0.29) is 0 Å². The predicted molar refractivity (Wildman–Crippen MR) is 51.9 cm³/mol. The van der Waals surface area contributed by atoms with E-state index in [2.05, 4.69) is 31.3 Å². The second-order valence-corrected chi connectivity index (χ2v) is 3.44. The van der Waals surface area contributed by atoms with Crippen molar-refractivity contribution in [2.45, 2.75) is 0 Å². The van der Waals surface area contributed by atoms with Crippen molar-refractivity contribution in [3.63, 3.8) is 0 Å². The highest BCUT2D eigenvalue weighted by molar-refractivity contribution is 9.10. The van der Waals surface area contributed by atoms with Gasteiger partial charge in [0.15, 0.2) is 0 Å². The zero-order valence-corrected chi connectivity index (χ0v) is 8.56. The Balaban J connectivity index is 2.52. The van der Waals surface area contributed by atoms with E-state index in [1.165, 1.54) is 4.80 Å². The maximum absolute atomic E-state index is 4.11. The molecule has 66 valence electrons. The first-order valence-corrected chi connectivity index (χ1v) is 4.55. The Hall–Kier alpha value is -1.23. The van der Waals surface area contributed by atoms with Crippen LogP contribution < -0.4 is 0 Å². The van der Waals surface area contributed by atoms with Crippen molar-refractivity contribution in [1.82, 2.24) is 20.2 Å². The maximum atomic E-state index is 4.11. The molecule has 0 unspecified atom stereocenters. The molecular formula is C8H7BrN4. The van der Waals surface area contributed by atoms with E-state index in [9.17, 15) is 0 Å². The van der Waals surface area contributed by atoms with E-state index in [1.807, 2.05) is 24.3 Å². The molecular weight excluding hydrogens is 232 g/mol. The van der Waals surface area contributed by atoms with Crippen molar-refractivity contribution in [1.29, 1.82) is 0 Å². The van der Waals surface area contributed by atoms with Crippen LogP contribution in [0.15, 0.2) is 28.7 Å². The molecule has 0 atom stereocenters. The van der Waals surface area contributed by atoms with Crippen molar-refractivity contribution >= 4 is 15.9 Å². The zero-order chi connectivity index (χ0) is 9.26. The molecule has 4 nitrogen and oxygen atoms in total. The van der Waals surface area contributed by atoms with Gasteiger partial charge in [0, 0.05) is 10.0 Å². The topological polar surface area (TPSA) is 43.6 Å². The van der Waals surface area contributed by atoms with Gasteiger partial charge in [-0.05, 0) is 17.3 Å². The minimum absolute atomic E-state index is 0.634. The Kier molecular flexibility index (Phi) is 2.10. The van der Waals surface area contributed by atoms with Crippen molar-refractivity contribution < 1.29 is 0 Å². The summed E-state index contributed by atoms with van der Waals surface area (Å²) in [4.78, 5) is 1.44. The number of aryl methyl sites for hydroxylation is 1. The molecule has 2 rings (SSSR count). The molecule has 1 aromatic carbocycles. The summed E-state index contributed by atoms with van der Waals surface area (Å²) in [5.74, 6) is 0.634. The lowest BCUT2D eigenvalue weighted by molar-refractivity contribution is 0.630. The molecule has 0 amide bonds. The van der Waals surface area contributed by atoms with Crippen LogP contribution in [0, 0.1) is 0 Å². The zero-order valence-electron chi connectivity index (χ0n) is 6.98. The molecule has 13 heavy (non-hydrogen) atoms. The normalized spacial score (nSPS) is 10.3. The summed E-state index contributed by atoms with van der Waals surface area (Å²) in [6, 6.07) is 7.78. The fraction of sp³-hybridized carbons (Fsp3) is 0.125. The molecule has 0 spiro atoms. The van der Waals surface area contributed by atoms with Gasteiger partial charge >= 0.3 is 0 Å². The molecule has 0 fully saturated rings. The Morgan fingerprint density at radius 2 is 2.08 bits per heavy atom. The summed E-state index contributed by atoms with van der Waals surface area (Å²) in [6.45, 7) is 0. The lowest BCUT2D eigenvalue weighted by Crippen LogP contribution is -1.91. The third-order valence-electron chi connectivity index (χ3n) is 1.62. The number of halogens is 1. The summed E-state index contributed by atoms with van der Waals surface area (Å²) in [6.07, 6.45) is 0. The molecule has 0 aliphatic heterocycles. The number of nitrogens with zero attached hydrogens (tertiary/aromatic N) is 4. The van der Waals surface area contributed by atoms with Gasteiger partial charge in [-0.15, -0.1) is 10.2 Å². The van der Waals surface area contributed by atoms with Gasteiger partial charge in [0.25, 0.3) is 0 Å². The fourth-order valence-electron chi connectivity index (χ4n) is 1.03. The van der Waals surface area contributed by atoms with Crippen LogP contribution in [0.4, 0.5) is 0 Å². The van der Waals surface area contributed by atoms with Crippen LogP contribution in [0.5, 0.6) is 0 Å². The van der Waals surface area contributed by atoms with E-state index in [0.717, 1.165) is 10.0 Å². The molecule has 0 aliphatic carbocycles. The molecule has 0 bridgehead atoms. The fourth-order valence-corrected chi connectivity index (χ4v) is 1.50. The standard InChI is InChI=1S/C8H7BrN4/c1-13-11-8(10-12-13)6-4-2-3-5-7(6)9/h2-5H,1H3. The van der Waals surface area contributed by atoms with Crippen LogP contribution >= 0.6 is 15.9 Å². The molecule has 0 radical (unpaired) electrons. The lowest BCUT2D eigenvalue weighted by atomic mass is 10.2. The smallest absolute Gasteiger partial charge is 0.167 e. The number of aromatic nitrogens is 4. The maximum Gasteiger partial charge on any atom is 0.206 e. The minimum Gasteiger partial charge on any atom is -0.167 e. The van der Waals surface area contributed by atoms with Crippen LogP contribution in [0.1, 0.15) is 0 Å². The number of tetrazole rings is 1. The molecule has 1 aromatic heterocycles. The quantitative estimate of drug-likeness (QED) is 0.759. The van der Waals surface area contributed by atoms with Crippen LogP contribution in [0.3, 0.4) is 0 Å². The molecule has 2 aromatic rings. The third-order valence-corrected chi connectivity index (χ3v) is 2.31.